The quantitative estimate of drug-likeness (QED) is 0.683. The number of nitrogen functional groups attached to an aromatic ring is 1. The Morgan fingerprint density at radius 1 is 1.38 bits per heavy atom. The van der Waals surface area contributed by atoms with Gasteiger partial charge in [-0.15, -0.1) is 0 Å². The van der Waals surface area contributed by atoms with Gasteiger partial charge in [0.15, 0.2) is 0 Å². The van der Waals surface area contributed by atoms with Crippen molar-refractivity contribution in [3.05, 3.63) is 29.3 Å². The molecule has 0 saturated carbocycles. The van der Waals surface area contributed by atoms with Gasteiger partial charge in [0, 0.05) is 23.8 Å². The lowest BCUT2D eigenvalue weighted by molar-refractivity contribution is -0.142. The van der Waals surface area contributed by atoms with Gasteiger partial charge in [0.1, 0.15) is 0 Å². The van der Waals surface area contributed by atoms with E-state index in [0.717, 1.165) is 24.8 Å². The minimum atomic E-state index is -0.270. The molecular formula is C16H22N2O3. The Morgan fingerprint density at radius 3 is 2.81 bits per heavy atom. The Hall–Kier alpha value is -2.04. The van der Waals surface area contributed by atoms with Gasteiger partial charge in [-0.1, -0.05) is 0 Å². The van der Waals surface area contributed by atoms with Crippen LogP contribution in [0.1, 0.15) is 41.6 Å². The molecule has 1 aromatic carbocycles. The molecule has 2 N–H and O–H groups in total. The molecule has 1 unspecified atom stereocenters. The number of amides is 1. The van der Waals surface area contributed by atoms with E-state index in [2.05, 4.69) is 0 Å². The maximum absolute atomic E-state index is 12.7. The van der Waals surface area contributed by atoms with Gasteiger partial charge < -0.3 is 15.4 Å². The molecule has 5 heteroatoms. The fourth-order valence-corrected chi connectivity index (χ4v) is 2.84. The lowest BCUT2D eigenvalue weighted by Gasteiger charge is -2.35. The van der Waals surface area contributed by atoms with Crippen LogP contribution in [0, 0.1) is 6.92 Å². The fourth-order valence-electron chi connectivity index (χ4n) is 2.84. The number of carbonyl (C=O) groups is 2. The molecule has 0 bridgehead atoms. The van der Waals surface area contributed by atoms with Gasteiger partial charge in [-0.25, -0.2) is 0 Å². The van der Waals surface area contributed by atoms with E-state index in [9.17, 15) is 9.59 Å². The SMILES string of the molecule is COC(=O)CC1CCCCN1C(=O)c1ccc(N)cc1C. The average Bonchev–Trinajstić information content (AvgIpc) is 2.47. The predicted octanol–water partition coefficient (Wildman–Crippen LogP) is 2.14. The number of piperidine rings is 1. The van der Waals surface area contributed by atoms with Crippen LogP contribution in [0.4, 0.5) is 5.69 Å². The van der Waals surface area contributed by atoms with Crippen molar-refractivity contribution in [2.75, 3.05) is 19.4 Å². The first-order valence-corrected chi connectivity index (χ1v) is 7.27. The van der Waals surface area contributed by atoms with E-state index in [1.807, 2.05) is 6.92 Å². The molecule has 0 aliphatic carbocycles. The average molecular weight is 290 g/mol. The van der Waals surface area contributed by atoms with Crippen molar-refractivity contribution < 1.29 is 14.3 Å². The van der Waals surface area contributed by atoms with Crippen LogP contribution in [0.15, 0.2) is 18.2 Å². The second kappa shape index (κ2) is 6.61. The molecule has 1 heterocycles. The van der Waals surface area contributed by atoms with Crippen LogP contribution in [-0.2, 0) is 9.53 Å². The normalized spacial score (nSPS) is 18.4. The Labute approximate surface area is 125 Å². The molecule has 114 valence electrons. The minimum absolute atomic E-state index is 0.0268. The highest BCUT2D eigenvalue weighted by atomic mass is 16.5. The van der Waals surface area contributed by atoms with E-state index >= 15 is 0 Å². The zero-order valence-electron chi connectivity index (χ0n) is 12.6. The minimum Gasteiger partial charge on any atom is -0.469 e. The van der Waals surface area contributed by atoms with E-state index < -0.39 is 0 Å². The number of methoxy groups -OCH3 is 1. The van der Waals surface area contributed by atoms with Gasteiger partial charge in [0.25, 0.3) is 5.91 Å². The van der Waals surface area contributed by atoms with E-state index in [0.29, 0.717) is 17.8 Å². The summed E-state index contributed by atoms with van der Waals surface area (Å²) in [5.41, 5.74) is 7.90. The number of benzene rings is 1. The fraction of sp³-hybridized carbons (Fsp3) is 0.500. The first-order chi connectivity index (χ1) is 10.0. The molecule has 5 nitrogen and oxygen atoms in total. The summed E-state index contributed by atoms with van der Waals surface area (Å²) in [6, 6.07) is 5.22. The molecule has 2 rings (SSSR count). The monoisotopic (exact) mass is 290 g/mol. The summed E-state index contributed by atoms with van der Waals surface area (Å²) in [6.07, 6.45) is 3.11. The van der Waals surface area contributed by atoms with Crippen LogP contribution < -0.4 is 5.73 Å². The third-order valence-corrected chi connectivity index (χ3v) is 4.00. The number of hydrogen-bond donors (Lipinski definition) is 1. The van der Waals surface area contributed by atoms with Crippen molar-refractivity contribution in [1.82, 2.24) is 4.90 Å². The second-order valence-electron chi connectivity index (χ2n) is 5.50. The number of rotatable bonds is 3. The first kappa shape index (κ1) is 15.4. The van der Waals surface area contributed by atoms with Gasteiger partial charge in [-0.2, -0.15) is 0 Å². The summed E-state index contributed by atoms with van der Waals surface area (Å²) in [5.74, 6) is -0.296. The zero-order valence-corrected chi connectivity index (χ0v) is 12.6. The molecule has 1 amide bonds. The van der Waals surface area contributed by atoms with Crippen LogP contribution in [0.2, 0.25) is 0 Å². The topological polar surface area (TPSA) is 72.6 Å². The highest BCUT2D eigenvalue weighted by Gasteiger charge is 2.30. The number of nitrogens with two attached hydrogens (primary N) is 1. The molecule has 1 atom stereocenters. The van der Waals surface area contributed by atoms with Gasteiger partial charge >= 0.3 is 5.97 Å². The summed E-state index contributed by atoms with van der Waals surface area (Å²) >= 11 is 0. The maximum Gasteiger partial charge on any atom is 0.307 e. The van der Waals surface area contributed by atoms with Gasteiger partial charge in [-0.3, -0.25) is 9.59 Å². The standard InChI is InChI=1S/C16H22N2O3/c1-11-9-12(17)6-7-14(11)16(20)18-8-4-3-5-13(18)10-15(19)21-2/h6-7,9,13H,3-5,8,10,17H2,1-2H3. The van der Waals surface area contributed by atoms with E-state index in [1.165, 1.54) is 7.11 Å². The van der Waals surface area contributed by atoms with Crippen LogP contribution in [-0.4, -0.2) is 36.5 Å². The summed E-state index contributed by atoms with van der Waals surface area (Å²) < 4.78 is 4.73. The van der Waals surface area contributed by atoms with Crippen molar-refractivity contribution in [2.45, 2.75) is 38.6 Å². The summed E-state index contributed by atoms with van der Waals surface area (Å²) in [5, 5.41) is 0. The molecule has 0 radical (unpaired) electrons. The largest absolute Gasteiger partial charge is 0.469 e. The van der Waals surface area contributed by atoms with Gasteiger partial charge in [0.05, 0.1) is 13.5 Å². The zero-order chi connectivity index (χ0) is 15.4. The van der Waals surface area contributed by atoms with Crippen molar-refractivity contribution in [3.8, 4) is 0 Å². The molecule has 1 saturated heterocycles. The third kappa shape index (κ3) is 3.54. The van der Waals surface area contributed by atoms with Crippen molar-refractivity contribution in [3.63, 3.8) is 0 Å². The van der Waals surface area contributed by atoms with Crippen molar-refractivity contribution in [1.29, 1.82) is 0 Å². The molecule has 1 fully saturated rings. The smallest absolute Gasteiger partial charge is 0.307 e. The number of ether oxygens (including phenoxy) is 1. The molecule has 0 aromatic heterocycles. The Morgan fingerprint density at radius 2 is 2.14 bits per heavy atom. The number of carbonyl (C=O) groups excluding carboxylic acids is 2. The number of likely N-dealkylation sites (tertiary alicyclic amines) is 1. The maximum atomic E-state index is 12.7. The lowest BCUT2D eigenvalue weighted by atomic mass is 9.97. The Bertz CT molecular complexity index is 542. The van der Waals surface area contributed by atoms with Crippen molar-refractivity contribution in [2.24, 2.45) is 0 Å². The summed E-state index contributed by atoms with van der Waals surface area (Å²) in [4.78, 5) is 26.1. The lowest BCUT2D eigenvalue weighted by Crippen LogP contribution is -2.45. The van der Waals surface area contributed by atoms with Crippen LogP contribution in [0.25, 0.3) is 0 Å². The molecular weight excluding hydrogens is 268 g/mol. The molecule has 1 aliphatic heterocycles. The number of hydrogen-bond acceptors (Lipinski definition) is 4. The molecule has 0 spiro atoms. The van der Waals surface area contributed by atoms with Crippen LogP contribution in [0.3, 0.4) is 0 Å². The first-order valence-electron chi connectivity index (χ1n) is 7.27. The number of nitrogens with zero attached hydrogens (tertiary/aromatic N) is 1. The van der Waals surface area contributed by atoms with Crippen LogP contribution >= 0.6 is 0 Å². The number of aryl methyl sites for hydroxylation is 1. The summed E-state index contributed by atoms with van der Waals surface area (Å²) in [7, 11) is 1.38. The number of anilines is 1. The van der Waals surface area contributed by atoms with Gasteiger partial charge in [0.2, 0.25) is 0 Å². The molecule has 1 aromatic rings. The molecule has 1 aliphatic rings. The highest BCUT2D eigenvalue weighted by Crippen LogP contribution is 2.24. The second-order valence-corrected chi connectivity index (χ2v) is 5.50. The predicted molar refractivity (Wildman–Crippen MR) is 80.9 cm³/mol. The number of esters is 1. The third-order valence-electron chi connectivity index (χ3n) is 4.00. The summed E-state index contributed by atoms with van der Waals surface area (Å²) in [6.45, 7) is 2.56. The van der Waals surface area contributed by atoms with E-state index in [4.69, 9.17) is 10.5 Å². The van der Waals surface area contributed by atoms with E-state index in [1.54, 1.807) is 23.1 Å². The van der Waals surface area contributed by atoms with E-state index in [-0.39, 0.29) is 24.3 Å². The van der Waals surface area contributed by atoms with Gasteiger partial charge in [-0.05, 0) is 49.9 Å². The van der Waals surface area contributed by atoms with Crippen LogP contribution in [0.5, 0.6) is 0 Å². The highest BCUT2D eigenvalue weighted by molar-refractivity contribution is 5.96. The van der Waals surface area contributed by atoms with Crippen molar-refractivity contribution >= 4 is 17.6 Å². The molecule has 21 heavy (non-hydrogen) atoms. The Kier molecular flexibility index (Phi) is 4.83. The Balaban J connectivity index is 2.20.